The molecule has 0 aliphatic rings. The van der Waals surface area contributed by atoms with Gasteiger partial charge < -0.3 is 16.0 Å². The maximum Gasteiger partial charge on any atom is 0.257 e. The first-order valence-electron chi connectivity index (χ1n) is 5.70. The quantitative estimate of drug-likeness (QED) is 0.874. The highest BCUT2D eigenvalue weighted by atomic mass is 32.1. The number of hydrogen-bond donors (Lipinski definition) is 2. The third-order valence-corrected chi connectivity index (χ3v) is 3.65. The van der Waals surface area contributed by atoms with Crippen molar-refractivity contribution in [2.24, 2.45) is 0 Å². The summed E-state index contributed by atoms with van der Waals surface area (Å²) < 4.78 is 4.05. The zero-order valence-corrected chi connectivity index (χ0v) is 11.6. The molecule has 1 amide bonds. The van der Waals surface area contributed by atoms with Crippen LogP contribution in [0, 0.1) is 0 Å². The monoisotopic (exact) mass is 277 g/mol. The van der Waals surface area contributed by atoms with E-state index in [0.29, 0.717) is 12.1 Å². The fourth-order valence-corrected chi connectivity index (χ4v) is 2.49. The minimum absolute atomic E-state index is 0.220. The first kappa shape index (κ1) is 13.3. The van der Waals surface area contributed by atoms with Gasteiger partial charge in [-0.1, -0.05) is 0 Å². The van der Waals surface area contributed by atoms with Crippen molar-refractivity contribution in [2.75, 3.05) is 24.7 Å². The largest absolute Gasteiger partial charge is 0.382 e. The summed E-state index contributed by atoms with van der Waals surface area (Å²) in [6.45, 7) is 0.661. The summed E-state index contributed by atoms with van der Waals surface area (Å²) in [5.74, 6) is 0.0451. The molecule has 3 N–H and O–H groups in total. The molecule has 2 aromatic rings. The van der Waals surface area contributed by atoms with Gasteiger partial charge in [-0.25, -0.2) is 0 Å². The third-order valence-electron chi connectivity index (χ3n) is 2.67. The van der Waals surface area contributed by atoms with Gasteiger partial charge in [0.2, 0.25) is 0 Å². The van der Waals surface area contributed by atoms with Crippen molar-refractivity contribution in [1.82, 2.24) is 14.7 Å². The molecule has 0 saturated carbocycles. The summed E-state index contributed by atoms with van der Waals surface area (Å²) in [4.78, 5) is 17.7. The zero-order valence-electron chi connectivity index (χ0n) is 10.8. The Morgan fingerprint density at radius 1 is 1.47 bits per heavy atom. The molecule has 7 heteroatoms. The first-order chi connectivity index (χ1) is 9.13. The molecule has 0 saturated heterocycles. The van der Waals surface area contributed by atoms with Gasteiger partial charge in [-0.05, 0) is 29.2 Å². The van der Waals surface area contributed by atoms with Crippen molar-refractivity contribution in [1.29, 1.82) is 0 Å². The van der Waals surface area contributed by atoms with Crippen molar-refractivity contribution in [3.8, 4) is 0 Å². The lowest BCUT2D eigenvalue weighted by atomic mass is 10.2. The zero-order chi connectivity index (χ0) is 13.8. The van der Waals surface area contributed by atoms with E-state index in [2.05, 4.69) is 14.7 Å². The lowest BCUT2D eigenvalue weighted by Gasteiger charge is -2.18. The highest BCUT2D eigenvalue weighted by Crippen LogP contribution is 2.30. The second-order valence-electron chi connectivity index (χ2n) is 4.04. The van der Waals surface area contributed by atoms with Crippen LogP contribution in [0.4, 0.5) is 10.8 Å². The lowest BCUT2D eigenvalue weighted by Crippen LogP contribution is -2.23. The van der Waals surface area contributed by atoms with Crippen LogP contribution in [0.2, 0.25) is 0 Å². The Bertz CT molecular complexity index is 569. The Kier molecular flexibility index (Phi) is 3.96. The lowest BCUT2D eigenvalue weighted by molar-refractivity contribution is 0.0964. The van der Waals surface area contributed by atoms with Gasteiger partial charge >= 0.3 is 0 Å². The number of pyridine rings is 1. The summed E-state index contributed by atoms with van der Waals surface area (Å²) in [7, 11) is 3.48. The molecule has 2 aromatic heterocycles. The molecule has 0 aliphatic heterocycles. The molecule has 6 nitrogen and oxygen atoms in total. The Morgan fingerprint density at radius 2 is 2.16 bits per heavy atom. The van der Waals surface area contributed by atoms with E-state index in [1.54, 1.807) is 19.4 Å². The van der Waals surface area contributed by atoms with Crippen LogP contribution < -0.4 is 16.0 Å². The third kappa shape index (κ3) is 2.82. The molecule has 19 heavy (non-hydrogen) atoms. The minimum Gasteiger partial charge on any atom is -0.382 e. The van der Waals surface area contributed by atoms with Gasteiger partial charge in [0.05, 0.1) is 0 Å². The molecule has 2 rings (SSSR count). The van der Waals surface area contributed by atoms with Crippen LogP contribution in [0.5, 0.6) is 0 Å². The van der Waals surface area contributed by atoms with E-state index in [9.17, 15) is 4.79 Å². The first-order valence-corrected chi connectivity index (χ1v) is 6.48. The highest BCUT2D eigenvalue weighted by Gasteiger charge is 2.20. The van der Waals surface area contributed by atoms with Crippen LogP contribution >= 0.6 is 11.5 Å². The highest BCUT2D eigenvalue weighted by molar-refractivity contribution is 7.11. The van der Waals surface area contributed by atoms with Crippen LogP contribution in [0.25, 0.3) is 0 Å². The fraction of sp³-hybridized carbons (Fsp3) is 0.250. The average molecular weight is 277 g/mol. The summed E-state index contributed by atoms with van der Waals surface area (Å²) >= 11 is 1.22. The molecule has 0 bridgehead atoms. The van der Waals surface area contributed by atoms with E-state index in [1.165, 1.54) is 11.5 Å². The Labute approximate surface area is 115 Å². The molecule has 0 radical (unpaired) electrons. The Balaban J connectivity index is 2.24. The number of nitrogens with zero attached hydrogens (tertiary/aromatic N) is 3. The number of nitrogen functional groups attached to an aromatic ring is 1. The number of rotatable bonds is 4. The van der Waals surface area contributed by atoms with Crippen molar-refractivity contribution in [3.05, 3.63) is 35.7 Å². The molecule has 0 atom stereocenters. The SMILES string of the molecule is CNC(=O)c1c(N)nsc1N(C)Cc1ccncc1. The number of carbonyl (C=O) groups excluding carboxylic acids is 1. The van der Waals surface area contributed by atoms with Crippen LogP contribution in [0.15, 0.2) is 24.5 Å². The number of anilines is 2. The van der Waals surface area contributed by atoms with E-state index >= 15 is 0 Å². The van der Waals surface area contributed by atoms with Crippen LogP contribution in [0.1, 0.15) is 15.9 Å². The molecule has 2 heterocycles. The van der Waals surface area contributed by atoms with E-state index < -0.39 is 0 Å². The maximum absolute atomic E-state index is 11.8. The topological polar surface area (TPSA) is 84.1 Å². The minimum atomic E-state index is -0.220. The van der Waals surface area contributed by atoms with Crippen molar-refractivity contribution in [3.63, 3.8) is 0 Å². The fourth-order valence-electron chi connectivity index (χ4n) is 1.73. The van der Waals surface area contributed by atoms with Gasteiger partial charge in [0.1, 0.15) is 10.6 Å². The van der Waals surface area contributed by atoms with E-state index in [1.807, 2.05) is 24.1 Å². The summed E-state index contributed by atoms with van der Waals surface area (Å²) in [5.41, 5.74) is 7.29. The second kappa shape index (κ2) is 5.66. The summed E-state index contributed by atoms with van der Waals surface area (Å²) in [6.07, 6.45) is 3.48. The van der Waals surface area contributed by atoms with Crippen LogP contribution in [0.3, 0.4) is 0 Å². The predicted molar refractivity (Wildman–Crippen MR) is 76.3 cm³/mol. The molecule has 0 unspecified atom stereocenters. The second-order valence-corrected chi connectivity index (χ2v) is 4.79. The number of nitrogens with one attached hydrogen (secondary N) is 1. The molecule has 0 aliphatic carbocycles. The molecule has 100 valence electrons. The van der Waals surface area contributed by atoms with Crippen LogP contribution in [-0.4, -0.2) is 29.4 Å². The van der Waals surface area contributed by atoms with E-state index in [0.717, 1.165) is 10.6 Å². The van der Waals surface area contributed by atoms with Crippen molar-refractivity contribution < 1.29 is 4.79 Å². The van der Waals surface area contributed by atoms with Crippen LogP contribution in [-0.2, 0) is 6.54 Å². The van der Waals surface area contributed by atoms with Gasteiger partial charge in [-0.15, -0.1) is 0 Å². The standard InChI is InChI=1S/C12H15N5OS/c1-14-11(18)9-10(13)16-19-12(9)17(2)7-8-3-5-15-6-4-8/h3-6H,7H2,1-2H3,(H2,13,16)(H,14,18). The van der Waals surface area contributed by atoms with Gasteiger partial charge in [0.15, 0.2) is 5.82 Å². The van der Waals surface area contributed by atoms with E-state index in [-0.39, 0.29) is 11.7 Å². The predicted octanol–water partition coefficient (Wildman–Crippen LogP) is 1.12. The van der Waals surface area contributed by atoms with Gasteiger partial charge in [-0.3, -0.25) is 9.78 Å². The molecular weight excluding hydrogens is 262 g/mol. The molecule has 0 fully saturated rings. The number of aromatic nitrogens is 2. The summed E-state index contributed by atoms with van der Waals surface area (Å²) in [5, 5.41) is 3.34. The Morgan fingerprint density at radius 3 is 2.79 bits per heavy atom. The number of hydrogen-bond acceptors (Lipinski definition) is 6. The molecular formula is C12H15N5OS. The van der Waals surface area contributed by atoms with Gasteiger partial charge in [-0.2, -0.15) is 4.37 Å². The Hall–Kier alpha value is -2.15. The van der Waals surface area contributed by atoms with E-state index in [4.69, 9.17) is 5.73 Å². The molecule has 0 aromatic carbocycles. The number of carbonyl (C=O) groups is 1. The van der Waals surface area contributed by atoms with Gasteiger partial charge in [0, 0.05) is 33.0 Å². The number of amides is 1. The molecule has 0 spiro atoms. The van der Waals surface area contributed by atoms with Crippen molar-refractivity contribution in [2.45, 2.75) is 6.54 Å². The smallest absolute Gasteiger partial charge is 0.257 e. The summed E-state index contributed by atoms with van der Waals surface area (Å²) in [6, 6.07) is 3.86. The maximum atomic E-state index is 11.8. The number of nitrogens with two attached hydrogens (primary N) is 1. The van der Waals surface area contributed by atoms with Crippen molar-refractivity contribution >= 4 is 28.3 Å². The average Bonchev–Trinajstić information content (AvgIpc) is 2.81. The van der Waals surface area contributed by atoms with Gasteiger partial charge in [0.25, 0.3) is 5.91 Å². The normalized spacial score (nSPS) is 10.2.